The number of rotatable bonds is 1. The van der Waals surface area contributed by atoms with Crippen LogP contribution in [0.2, 0.25) is 0 Å². The van der Waals surface area contributed by atoms with E-state index in [-0.39, 0.29) is 10.6 Å². The number of nitrogens with zero attached hydrogens (tertiary/aromatic N) is 1. The Morgan fingerprint density at radius 2 is 1.62 bits per heavy atom. The van der Waals surface area contributed by atoms with E-state index < -0.39 is 0 Å². The summed E-state index contributed by atoms with van der Waals surface area (Å²) in [4.78, 5) is 3.77. The van der Waals surface area contributed by atoms with Gasteiger partial charge in [-0.25, -0.2) is 4.39 Å². The lowest BCUT2D eigenvalue weighted by atomic mass is 9.81. The molecule has 26 heavy (non-hydrogen) atoms. The smallest absolute Gasteiger partial charge is 0.123 e. The van der Waals surface area contributed by atoms with Gasteiger partial charge in [0.05, 0.1) is 4.75 Å². The fourth-order valence-electron chi connectivity index (χ4n) is 4.23. The molecule has 0 aliphatic carbocycles. The largest absolute Gasteiger partial charge is 0.306 e. The van der Waals surface area contributed by atoms with Crippen LogP contribution in [0.25, 0.3) is 5.57 Å². The van der Waals surface area contributed by atoms with Crippen LogP contribution in [0.1, 0.15) is 42.0 Å². The maximum atomic E-state index is 13.5. The number of fused-ring (bicyclic) bond motifs is 1. The molecule has 0 bridgehead atoms. The summed E-state index contributed by atoms with van der Waals surface area (Å²) < 4.78 is 13.4. The van der Waals surface area contributed by atoms with Gasteiger partial charge < -0.3 is 4.90 Å². The van der Waals surface area contributed by atoms with Crippen LogP contribution < -0.4 is 0 Å². The van der Waals surface area contributed by atoms with Gasteiger partial charge in [0.25, 0.3) is 0 Å². The minimum absolute atomic E-state index is 0.151. The molecule has 1 unspecified atom stereocenters. The van der Waals surface area contributed by atoms with Crippen LogP contribution in [0.3, 0.4) is 0 Å². The lowest BCUT2D eigenvalue weighted by Gasteiger charge is -2.32. The fourth-order valence-corrected chi connectivity index (χ4v) is 5.79. The summed E-state index contributed by atoms with van der Waals surface area (Å²) >= 11 is 1.93. The summed E-state index contributed by atoms with van der Waals surface area (Å²) in [5, 5.41) is 0. The second-order valence-corrected chi connectivity index (χ2v) is 9.32. The van der Waals surface area contributed by atoms with Crippen LogP contribution in [0.5, 0.6) is 0 Å². The molecule has 136 valence electrons. The predicted molar refractivity (Wildman–Crippen MR) is 109 cm³/mol. The molecule has 0 amide bonds. The molecule has 0 radical (unpaired) electrons. The van der Waals surface area contributed by atoms with Crippen molar-refractivity contribution in [1.29, 1.82) is 0 Å². The van der Waals surface area contributed by atoms with Crippen LogP contribution in [0.15, 0.2) is 46.9 Å². The Labute approximate surface area is 160 Å². The van der Waals surface area contributed by atoms with Crippen LogP contribution in [0, 0.1) is 19.7 Å². The second-order valence-electron chi connectivity index (χ2n) is 7.86. The minimum Gasteiger partial charge on any atom is -0.306 e. The van der Waals surface area contributed by atoms with Crippen molar-refractivity contribution in [2.45, 2.75) is 43.3 Å². The molecule has 2 aliphatic rings. The molecule has 2 aliphatic heterocycles. The third-order valence-corrected chi connectivity index (χ3v) is 7.40. The first kappa shape index (κ1) is 17.8. The van der Waals surface area contributed by atoms with Crippen molar-refractivity contribution in [3.05, 3.63) is 70.0 Å². The van der Waals surface area contributed by atoms with Gasteiger partial charge in [0.1, 0.15) is 5.82 Å². The Morgan fingerprint density at radius 1 is 1.00 bits per heavy atom. The maximum Gasteiger partial charge on any atom is 0.123 e. The van der Waals surface area contributed by atoms with Crippen LogP contribution in [-0.4, -0.2) is 25.0 Å². The van der Waals surface area contributed by atoms with Crippen molar-refractivity contribution >= 4 is 17.3 Å². The zero-order valence-corrected chi connectivity index (χ0v) is 16.8. The van der Waals surface area contributed by atoms with Crippen LogP contribution in [0.4, 0.5) is 4.39 Å². The molecule has 0 saturated carbocycles. The molecule has 2 aromatic carbocycles. The lowest BCUT2D eigenvalue weighted by molar-refractivity contribution is 0.312. The van der Waals surface area contributed by atoms with E-state index in [1.54, 1.807) is 17.7 Å². The molecule has 4 rings (SSSR count). The van der Waals surface area contributed by atoms with Gasteiger partial charge in [0.15, 0.2) is 0 Å². The van der Waals surface area contributed by atoms with Crippen molar-refractivity contribution in [2.75, 3.05) is 20.1 Å². The Balaban J connectivity index is 1.91. The van der Waals surface area contributed by atoms with Gasteiger partial charge in [-0.1, -0.05) is 23.8 Å². The summed E-state index contributed by atoms with van der Waals surface area (Å²) in [7, 11) is 2.20. The monoisotopic (exact) mass is 367 g/mol. The molecule has 1 atom stereocenters. The first-order valence-corrected chi connectivity index (χ1v) is 10.2. The molecule has 2 aromatic rings. The number of likely N-dealkylation sites (tertiary alicyclic amines) is 1. The van der Waals surface area contributed by atoms with Crippen molar-refractivity contribution in [3.63, 3.8) is 0 Å². The standard InChI is InChI=1S/C23H26FNS/c1-15-13-20-21(14-16(15)2)26-23(3,18-5-7-19(24)8-6-18)22(20)17-9-11-25(4)12-10-17/h5-8,13-14H,9-12H2,1-4H3. The van der Waals surface area contributed by atoms with Crippen molar-refractivity contribution in [3.8, 4) is 0 Å². The highest BCUT2D eigenvalue weighted by Gasteiger charge is 2.42. The minimum atomic E-state index is -0.168. The summed E-state index contributed by atoms with van der Waals surface area (Å²) in [5.74, 6) is -0.168. The van der Waals surface area contributed by atoms with E-state index in [9.17, 15) is 4.39 Å². The molecule has 1 fully saturated rings. The number of piperidine rings is 1. The molecule has 0 spiro atoms. The molecule has 0 aromatic heterocycles. The van der Waals surface area contributed by atoms with Crippen molar-refractivity contribution in [1.82, 2.24) is 4.90 Å². The number of hydrogen-bond acceptors (Lipinski definition) is 2. The van der Waals surface area contributed by atoms with E-state index in [0.717, 1.165) is 25.9 Å². The first-order valence-electron chi connectivity index (χ1n) is 9.36. The number of thioether (sulfide) groups is 1. The average Bonchev–Trinajstić information content (AvgIpc) is 2.89. The Hall–Kier alpha value is -1.58. The number of benzene rings is 2. The Kier molecular flexibility index (Phi) is 4.48. The molecule has 1 nitrogen and oxygen atoms in total. The molecule has 0 N–H and O–H groups in total. The number of halogens is 1. The van der Waals surface area contributed by atoms with E-state index in [1.165, 1.54) is 32.7 Å². The van der Waals surface area contributed by atoms with Gasteiger partial charge in [-0.05, 0) is 86.7 Å². The van der Waals surface area contributed by atoms with E-state index in [4.69, 9.17) is 0 Å². The highest BCUT2D eigenvalue weighted by molar-refractivity contribution is 8.01. The number of hydrogen-bond donors (Lipinski definition) is 0. The SMILES string of the molecule is Cc1cc2c(cc1C)C(=C1CCN(C)CC1)C(C)(c1ccc(F)cc1)S2. The summed E-state index contributed by atoms with van der Waals surface area (Å²) in [6.07, 6.45) is 2.24. The van der Waals surface area contributed by atoms with E-state index in [2.05, 4.69) is 44.9 Å². The van der Waals surface area contributed by atoms with Crippen molar-refractivity contribution in [2.24, 2.45) is 0 Å². The van der Waals surface area contributed by atoms with Gasteiger partial charge in [-0.15, -0.1) is 11.8 Å². The Morgan fingerprint density at radius 3 is 2.27 bits per heavy atom. The van der Waals surface area contributed by atoms with Crippen molar-refractivity contribution < 1.29 is 4.39 Å². The molecular weight excluding hydrogens is 341 g/mol. The lowest BCUT2D eigenvalue weighted by Crippen LogP contribution is -2.28. The second kappa shape index (κ2) is 6.54. The quantitative estimate of drug-likeness (QED) is 0.613. The zero-order valence-electron chi connectivity index (χ0n) is 16.0. The molecule has 1 saturated heterocycles. The van der Waals surface area contributed by atoms with Gasteiger partial charge in [-0.3, -0.25) is 0 Å². The van der Waals surface area contributed by atoms with Gasteiger partial charge >= 0.3 is 0 Å². The zero-order chi connectivity index (χ0) is 18.5. The van der Waals surface area contributed by atoms with Gasteiger partial charge in [0, 0.05) is 18.0 Å². The highest BCUT2D eigenvalue weighted by Crippen LogP contribution is 2.60. The van der Waals surface area contributed by atoms with Gasteiger partial charge in [-0.2, -0.15) is 0 Å². The van der Waals surface area contributed by atoms with Gasteiger partial charge in [0.2, 0.25) is 0 Å². The number of aryl methyl sites for hydroxylation is 2. The summed E-state index contributed by atoms with van der Waals surface area (Å²) in [5.41, 5.74) is 8.32. The summed E-state index contributed by atoms with van der Waals surface area (Å²) in [6.45, 7) is 8.93. The topological polar surface area (TPSA) is 3.24 Å². The van der Waals surface area contributed by atoms with E-state index in [0.29, 0.717) is 0 Å². The first-order chi connectivity index (χ1) is 12.4. The molecule has 3 heteroatoms. The molecular formula is C23H26FNS. The third kappa shape index (κ3) is 2.91. The van der Waals surface area contributed by atoms with Crippen LogP contribution in [-0.2, 0) is 4.75 Å². The molecule has 2 heterocycles. The third-order valence-electron chi connectivity index (χ3n) is 6.00. The highest BCUT2D eigenvalue weighted by atomic mass is 32.2. The fraction of sp³-hybridized carbons (Fsp3) is 0.391. The van der Waals surface area contributed by atoms with Crippen LogP contribution >= 0.6 is 11.8 Å². The Bertz CT molecular complexity index is 874. The normalized spacial score (nSPS) is 23.4. The maximum absolute atomic E-state index is 13.5. The predicted octanol–water partition coefficient (Wildman–Crippen LogP) is 5.94. The van der Waals surface area contributed by atoms with E-state index in [1.807, 2.05) is 23.9 Å². The summed E-state index contributed by atoms with van der Waals surface area (Å²) in [6, 6.07) is 11.8. The average molecular weight is 368 g/mol. The van der Waals surface area contributed by atoms with E-state index >= 15 is 0 Å².